The highest BCUT2D eigenvalue weighted by Gasteiger charge is 2.17. The van der Waals surface area contributed by atoms with Crippen molar-refractivity contribution in [1.29, 1.82) is 0 Å². The van der Waals surface area contributed by atoms with E-state index in [4.69, 9.17) is 6.57 Å². The number of aryl methyl sites for hydroxylation is 1. The van der Waals surface area contributed by atoms with E-state index < -0.39 is 0 Å². The first-order valence-electron chi connectivity index (χ1n) is 10.1. The van der Waals surface area contributed by atoms with Gasteiger partial charge >= 0.3 is 0 Å². The molecule has 5 rings (SSSR count). The lowest BCUT2D eigenvalue weighted by Gasteiger charge is -2.14. The molecule has 0 aliphatic heterocycles. The Morgan fingerprint density at radius 3 is 2.26 bits per heavy atom. The Balaban J connectivity index is 1.73. The summed E-state index contributed by atoms with van der Waals surface area (Å²) in [6.45, 7) is 9.42. The van der Waals surface area contributed by atoms with Gasteiger partial charge in [-0.25, -0.2) is 9.83 Å². The molecule has 0 bridgehead atoms. The van der Waals surface area contributed by atoms with Crippen LogP contribution in [0.25, 0.3) is 38.9 Å². The van der Waals surface area contributed by atoms with Crippen molar-refractivity contribution in [1.82, 2.24) is 14.1 Å². The smallest absolute Gasteiger partial charge is 0.190 e. The van der Waals surface area contributed by atoms with Crippen LogP contribution < -0.4 is 0 Å². The first-order chi connectivity index (χ1) is 15.3. The van der Waals surface area contributed by atoms with E-state index in [1.807, 2.05) is 55.6 Å². The van der Waals surface area contributed by atoms with Gasteiger partial charge in [0.2, 0.25) is 0 Å². The average molecular weight is 400 g/mol. The van der Waals surface area contributed by atoms with E-state index in [1.54, 1.807) is 6.20 Å². The molecular formula is C27H20N4. The van der Waals surface area contributed by atoms with Gasteiger partial charge < -0.3 is 4.57 Å². The highest BCUT2D eigenvalue weighted by Crippen LogP contribution is 2.34. The van der Waals surface area contributed by atoms with Crippen LogP contribution in [0.2, 0.25) is 0 Å². The predicted octanol–water partition coefficient (Wildman–Crippen LogP) is 6.86. The standard InChI is InChI=1S/C27H20N4/c1-20-13-14-22(19-24(20)28-2)27-29-16-18-31(27)25-15-17-30(23-11-7-4-8-12-23)26(25)21-9-5-3-6-10-21/h3-19H,1H3. The second-order valence-corrected chi connectivity index (χ2v) is 7.36. The lowest BCUT2D eigenvalue weighted by molar-refractivity contribution is 1.04. The summed E-state index contributed by atoms with van der Waals surface area (Å²) in [6.07, 6.45) is 5.88. The number of rotatable bonds is 4. The Kier molecular flexibility index (Phi) is 4.70. The molecule has 0 N–H and O–H groups in total. The number of imidazole rings is 1. The van der Waals surface area contributed by atoms with Crippen molar-refractivity contribution < 1.29 is 0 Å². The molecule has 0 saturated heterocycles. The van der Waals surface area contributed by atoms with E-state index in [0.29, 0.717) is 5.69 Å². The summed E-state index contributed by atoms with van der Waals surface area (Å²) in [4.78, 5) is 8.30. The van der Waals surface area contributed by atoms with E-state index in [9.17, 15) is 0 Å². The fourth-order valence-electron chi connectivity index (χ4n) is 3.88. The number of hydrogen-bond acceptors (Lipinski definition) is 1. The van der Waals surface area contributed by atoms with Gasteiger partial charge in [0, 0.05) is 35.4 Å². The molecule has 31 heavy (non-hydrogen) atoms. The zero-order chi connectivity index (χ0) is 21.2. The Labute approximate surface area is 181 Å². The maximum atomic E-state index is 7.46. The Bertz CT molecular complexity index is 1390. The molecule has 0 aliphatic rings. The molecule has 2 heterocycles. The molecule has 0 aliphatic carbocycles. The Morgan fingerprint density at radius 2 is 1.52 bits per heavy atom. The number of benzene rings is 3. The molecule has 0 atom stereocenters. The van der Waals surface area contributed by atoms with Gasteiger partial charge in [0.05, 0.1) is 18.0 Å². The van der Waals surface area contributed by atoms with Crippen LogP contribution in [0.1, 0.15) is 5.56 Å². The topological polar surface area (TPSA) is 27.1 Å². The number of nitrogens with zero attached hydrogens (tertiary/aromatic N) is 4. The van der Waals surface area contributed by atoms with Crippen molar-refractivity contribution in [3.63, 3.8) is 0 Å². The summed E-state index contributed by atoms with van der Waals surface area (Å²) in [7, 11) is 0. The third kappa shape index (κ3) is 3.33. The highest BCUT2D eigenvalue weighted by molar-refractivity contribution is 5.75. The van der Waals surface area contributed by atoms with Gasteiger partial charge in [-0.15, -0.1) is 0 Å². The predicted molar refractivity (Wildman–Crippen MR) is 125 cm³/mol. The van der Waals surface area contributed by atoms with Gasteiger partial charge in [-0.05, 0) is 36.8 Å². The first kappa shape index (κ1) is 18.7. The lowest BCUT2D eigenvalue weighted by atomic mass is 10.1. The minimum Gasteiger partial charge on any atom is -0.315 e. The summed E-state index contributed by atoms with van der Waals surface area (Å²) in [5.41, 5.74) is 6.88. The fraction of sp³-hybridized carbons (Fsp3) is 0.0370. The fourth-order valence-corrected chi connectivity index (χ4v) is 3.88. The average Bonchev–Trinajstić information content (AvgIpc) is 3.48. The number of aromatic nitrogens is 3. The lowest BCUT2D eigenvalue weighted by Crippen LogP contribution is -2.01. The summed E-state index contributed by atoms with van der Waals surface area (Å²) in [6, 6.07) is 28.7. The molecule has 5 aromatic rings. The van der Waals surface area contributed by atoms with Crippen molar-refractivity contribution in [3.05, 3.63) is 121 Å². The van der Waals surface area contributed by atoms with Crippen LogP contribution in [0, 0.1) is 13.5 Å². The molecule has 0 unspecified atom stereocenters. The molecular weight excluding hydrogens is 380 g/mol. The van der Waals surface area contributed by atoms with Crippen molar-refractivity contribution in [2.75, 3.05) is 0 Å². The molecule has 2 aromatic heterocycles. The minimum absolute atomic E-state index is 0.650. The minimum atomic E-state index is 0.650. The molecule has 0 fully saturated rings. The third-order valence-corrected chi connectivity index (χ3v) is 5.43. The van der Waals surface area contributed by atoms with Crippen molar-refractivity contribution >= 4 is 5.69 Å². The van der Waals surface area contributed by atoms with Crippen LogP contribution >= 0.6 is 0 Å². The second kappa shape index (κ2) is 7.81. The second-order valence-electron chi connectivity index (χ2n) is 7.36. The van der Waals surface area contributed by atoms with Gasteiger partial charge in [-0.1, -0.05) is 60.7 Å². The van der Waals surface area contributed by atoms with E-state index in [0.717, 1.165) is 39.6 Å². The highest BCUT2D eigenvalue weighted by atomic mass is 15.1. The van der Waals surface area contributed by atoms with E-state index in [1.165, 1.54) is 0 Å². The van der Waals surface area contributed by atoms with Crippen LogP contribution in [0.4, 0.5) is 5.69 Å². The molecule has 0 radical (unpaired) electrons. The summed E-state index contributed by atoms with van der Waals surface area (Å²) >= 11 is 0. The van der Waals surface area contributed by atoms with Crippen LogP contribution in [-0.4, -0.2) is 14.1 Å². The third-order valence-electron chi connectivity index (χ3n) is 5.43. The van der Waals surface area contributed by atoms with Gasteiger partial charge in [-0.3, -0.25) is 4.57 Å². The zero-order valence-corrected chi connectivity index (χ0v) is 17.1. The van der Waals surface area contributed by atoms with E-state index in [-0.39, 0.29) is 0 Å². The molecule has 4 heteroatoms. The van der Waals surface area contributed by atoms with Gasteiger partial charge in [-0.2, -0.15) is 0 Å². The van der Waals surface area contributed by atoms with Gasteiger partial charge in [0.1, 0.15) is 5.82 Å². The quantitative estimate of drug-likeness (QED) is 0.303. The summed E-state index contributed by atoms with van der Waals surface area (Å²) in [5.74, 6) is 0.813. The first-order valence-corrected chi connectivity index (χ1v) is 10.1. The van der Waals surface area contributed by atoms with Crippen LogP contribution in [0.15, 0.2) is 104 Å². The van der Waals surface area contributed by atoms with Crippen LogP contribution in [0.3, 0.4) is 0 Å². The number of para-hydroxylation sites is 1. The monoisotopic (exact) mass is 400 g/mol. The van der Waals surface area contributed by atoms with Gasteiger partial charge in [0.25, 0.3) is 0 Å². The van der Waals surface area contributed by atoms with Crippen LogP contribution in [0.5, 0.6) is 0 Å². The van der Waals surface area contributed by atoms with Crippen LogP contribution in [-0.2, 0) is 0 Å². The zero-order valence-electron chi connectivity index (χ0n) is 17.1. The number of hydrogen-bond donors (Lipinski definition) is 0. The molecule has 0 saturated carbocycles. The maximum Gasteiger partial charge on any atom is 0.190 e. The van der Waals surface area contributed by atoms with Crippen molar-refractivity contribution in [2.45, 2.75) is 6.92 Å². The SMILES string of the molecule is [C-]#[N+]c1cc(-c2nccn2-c2ccn(-c3ccccc3)c2-c2ccccc2)ccc1C. The maximum absolute atomic E-state index is 7.46. The summed E-state index contributed by atoms with van der Waals surface area (Å²) in [5, 5.41) is 0. The molecule has 148 valence electrons. The summed E-state index contributed by atoms with van der Waals surface area (Å²) < 4.78 is 4.30. The Hall–Kier alpha value is -4.36. The van der Waals surface area contributed by atoms with Gasteiger partial charge in [0.15, 0.2) is 5.69 Å². The van der Waals surface area contributed by atoms with Crippen molar-refractivity contribution in [3.8, 4) is 34.0 Å². The molecule has 4 nitrogen and oxygen atoms in total. The molecule has 0 spiro atoms. The largest absolute Gasteiger partial charge is 0.315 e. The normalized spacial score (nSPS) is 10.7. The molecule has 0 amide bonds. The Morgan fingerprint density at radius 1 is 0.774 bits per heavy atom. The van der Waals surface area contributed by atoms with E-state index >= 15 is 0 Å². The van der Waals surface area contributed by atoms with Crippen molar-refractivity contribution in [2.24, 2.45) is 0 Å². The van der Waals surface area contributed by atoms with E-state index in [2.05, 4.69) is 67.6 Å². The molecule has 3 aromatic carbocycles.